The van der Waals surface area contributed by atoms with Crippen LogP contribution >= 0.6 is 23.2 Å². The van der Waals surface area contributed by atoms with Gasteiger partial charge in [0.05, 0.1) is 12.0 Å². The average molecular weight is 224 g/mol. The number of alkyl halides is 2. The Balaban J connectivity index is 1.74. The Labute approximate surface area is 86.4 Å². The molecule has 1 unspecified atom stereocenters. The second-order valence-corrected chi connectivity index (χ2v) is 5.39. The minimum atomic E-state index is -0.841. The number of carbonyl (C=O) groups is 1. The molecule has 0 aromatic carbocycles. The van der Waals surface area contributed by atoms with E-state index in [0.717, 1.165) is 0 Å². The maximum atomic E-state index is 11.4. The summed E-state index contributed by atoms with van der Waals surface area (Å²) in [6, 6.07) is 0.118. The van der Waals surface area contributed by atoms with Gasteiger partial charge >= 0.3 is 0 Å². The van der Waals surface area contributed by atoms with Gasteiger partial charge in [-0.25, -0.2) is 0 Å². The van der Waals surface area contributed by atoms with E-state index in [0.29, 0.717) is 19.3 Å². The van der Waals surface area contributed by atoms with Crippen LogP contribution in [0, 0.1) is 5.92 Å². The van der Waals surface area contributed by atoms with Crippen molar-refractivity contribution in [1.82, 2.24) is 5.32 Å². The number of halogens is 2. The number of hydrogen-bond donors (Lipinski definition) is 2. The molecule has 1 atom stereocenters. The van der Waals surface area contributed by atoms with Gasteiger partial charge in [0.1, 0.15) is 4.33 Å². The highest BCUT2D eigenvalue weighted by atomic mass is 35.5. The van der Waals surface area contributed by atoms with Crippen molar-refractivity contribution in [3.63, 3.8) is 0 Å². The summed E-state index contributed by atoms with van der Waals surface area (Å²) < 4.78 is -0.841. The predicted octanol–water partition coefficient (Wildman–Crippen LogP) is 0.820. The SMILES string of the molecule is O=C(NC1CC(O)C1)C1CC1(Cl)Cl. The molecule has 0 heterocycles. The van der Waals surface area contributed by atoms with Crippen LogP contribution in [0.1, 0.15) is 19.3 Å². The summed E-state index contributed by atoms with van der Waals surface area (Å²) in [5, 5.41) is 11.8. The zero-order chi connectivity index (χ0) is 9.64. The molecular formula is C8H11Cl2NO2. The van der Waals surface area contributed by atoms with Gasteiger partial charge in [0, 0.05) is 6.04 Å². The first-order chi connectivity index (χ1) is 5.99. The third-order valence-corrected chi connectivity index (χ3v) is 3.44. The van der Waals surface area contributed by atoms with Crippen molar-refractivity contribution in [3.8, 4) is 0 Å². The van der Waals surface area contributed by atoms with Gasteiger partial charge in [-0.05, 0) is 19.3 Å². The van der Waals surface area contributed by atoms with E-state index in [2.05, 4.69) is 5.32 Å². The molecule has 2 aliphatic carbocycles. The maximum Gasteiger partial charge on any atom is 0.226 e. The van der Waals surface area contributed by atoms with Crippen LogP contribution in [-0.2, 0) is 4.79 Å². The van der Waals surface area contributed by atoms with Gasteiger partial charge in [-0.1, -0.05) is 0 Å². The highest BCUT2D eigenvalue weighted by Crippen LogP contribution is 2.53. The van der Waals surface area contributed by atoms with Crippen LogP contribution in [0.5, 0.6) is 0 Å². The Hall–Kier alpha value is 0.01000. The van der Waals surface area contributed by atoms with E-state index in [9.17, 15) is 4.79 Å². The highest BCUT2D eigenvalue weighted by Gasteiger charge is 2.56. The Bertz CT molecular complexity index is 238. The van der Waals surface area contributed by atoms with Crippen molar-refractivity contribution in [2.75, 3.05) is 0 Å². The van der Waals surface area contributed by atoms with Gasteiger partial charge in [0.15, 0.2) is 0 Å². The van der Waals surface area contributed by atoms with Gasteiger partial charge in [-0.2, -0.15) is 0 Å². The smallest absolute Gasteiger partial charge is 0.226 e. The summed E-state index contributed by atoms with van der Waals surface area (Å²) in [5.74, 6) is -0.338. The second-order valence-electron chi connectivity index (χ2n) is 3.85. The first-order valence-corrected chi connectivity index (χ1v) is 5.11. The van der Waals surface area contributed by atoms with Crippen LogP contribution in [0.2, 0.25) is 0 Å². The fraction of sp³-hybridized carbons (Fsp3) is 0.875. The first-order valence-electron chi connectivity index (χ1n) is 4.35. The first kappa shape index (κ1) is 9.56. The molecule has 2 fully saturated rings. The molecule has 5 heteroatoms. The van der Waals surface area contributed by atoms with E-state index in [1.54, 1.807) is 0 Å². The number of aliphatic hydroxyl groups excluding tert-OH is 1. The monoisotopic (exact) mass is 223 g/mol. The van der Waals surface area contributed by atoms with Crippen molar-refractivity contribution in [2.24, 2.45) is 5.92 Å². The number of aliphatic hydroxyl groups is 1. The van der Waals surface area contributed by atoms with Crippen molar-refractivity contribution >= 4 is 29.1 Å². The van der Waals surface area contributed by atoms with Crippen LogP contribution in [0.3, 0.4) is 0 Å². The van der Waals surface area contributed by atoms with Gasteiger partial charge < -0.3 is 10.4 Å². The van der Waals surface area contributed by atoms with E-state index in [4.69, 9.17) is 28.3 Å². The van der Waals surface area contributed by atoms with E-state index in [1.165, 1.54) is 0 Å². The van der Waals surface area contributed by atoms with E-state index in [-0.39, 0.29) is 24.0 Å². The molecule has 0 aliphatic heterocycles. The fourth-order valence-electron chi connectivity index (χ4n) is 1.51. The van der Waals surface area contributed by atoms with Crippen LogP contribution in [0.25, 0.3) is 0 Å². The zero-order valence-corrected chi connectivity index (χ0v) is 8.48. The number of rotatable bonds is 2. The molecule has 2 aliphatic rings. The van der Waals surface area contributed by atoms with Crippen LogP contribution < -0.4 is 5.32 Å². The molecule has 0 spiro atoms. The zero-order valence-electron chi connectivity index (χ0n) is 6.96. The van der Waals surface area contributed by atoms with Crippen LogP contribution in [0.4, 0.5) is 0 Å². The molecule has 0 saturated heterocycles. The molecule has 2 saturated carbocycles. The van der Waals surface area contributed by atoms with Crippen molar-refractivity contribution < 1.29 is 9.90 Å². The lowest BCUT2D eigenvalue weighted by Crippen LogP contribution is -2.47. The lowest BCUT2D eigenvalue weighted by molar-refractivity contribution is -0.124. The summed E-state index contributed by atoms with van der Waals surface area (Å²) in [6.07, 6.45) is 1.59. The molecule has 0 bridgehead atoms. The molecular weight excluding hydrogens is 213 g/mol. The third-order valence-electron chi connectivity index (χ3n) is 2.60. The second kappa shape index (κ2) is 3.01. The lowest BCUT2D eigenvalue weighted by Gasteiger charge is -2.32. The quantitative estimate of drug-likeness (QED) is 0.682. The van der Waals surface area contributed by atoms with Crippen molar-refractivity contribution in [1.29, 1.82) is 0 Å². The molecule has 3 nitrogen and oxygen atoms in total. The Morgan fingerprint density at radius 3 is 2.38 bits per heavy atom. The molecule has 2 N–H and O–H groups in total. The summed E-state index contributed by atoms with van der Waals surface area (Å²) >= 11 is 11.5. The van der Waals surface area contributed by atoms with Crippen molar-refractivity contribution in [3.05, 3.63) is 0 Å². The lowest BCUT2D eigenvalue weighted by atomic mass is 9.89. The highest BCUT2D eigenvalue weighted by molar-refractivity contribution is 6.52. The number of nitrogens with one attached hydrogen (secondary N) is 1. The van der Waals surface area contributed by atoms with Gasteiger partial charge in [-0.15, -0.1) is 23.2 Å². The number of amides is 1. The minimum absolute atomic E-state index is 0.0816. The minimum Gasteiger partial charge on any atom is -0.393 e. The predicted molar refractivity (Wildman–Crippen MR) is 49.7 cm³/mol. The average Bonchev–Trinajstić information content (AvgIpc) is 2.56. The third kappa shape index (κ3) is 1.92. The van der Waals surface area contributed by atoms with E-state index in [1.807, 2.05) is 0 Å². The molecule has 0 aromatic rings. The molecule has 74 valence electrons. The topological polar surface area (TPSA) is 49.3 Å². The number of hydrogen-bond acceptors (Lipinski definition) is 2. The normalized spacial score (nSPS) is 40.7. The van der Waals surface area contributed by atoms with E-state index < -0.39 is 4.33 Å². The summed E-state index contributed by atoms with van der Waals surface area (Å²) in [7, 11) is 0. The summed E-state index contributed by atoms with van der Waals surface area (Å²) in [5.41, 5.74) is 0. The number of carbonyl (C=O) groups excluding carboxylic acids is 1. The van der Waals surface area contributed by atoms with Gasteiger partial charge in [0.2, 0.25) is 5.91 Å². The molecule has 0 aromatic heterocycles. The van der Waals surface area contributed by atoms with Crippen LogP contribution in [0.15, 0.2) is 0 Å². The van der Waals surface area contributed by atoms with Gasteiger partial charge in [-0.3, -0.25) is 4.79 Å². The Kier molecular flexibility index (Phi) is 2.21. The maximum absolute atomic E-state index is 11.4. The molecule has 1 amide bonds. The van der Waals surface area contributed by atoms with Crippen LogP contribution in [-0.4, -0.2) is 27.5 Å². The molecule has 0 radical (unpaired) electrons. The largest absolute Gasteiger partial charge is 0.393 e. The fourth-order valence-corrected chi connectivity index (χ4v) is 2.01. The van der Waals surface area contributed by atoms with Gasteiger partial charge in [0.25, 0.3) is 0 Å². The summed E-state index contributed by atoms with van der Waals surface area (Å²) in [6.45, 7) is 0. The Morgan fingerprint density at radius 2 is 2.00 bits per heavy atom. The Morgan fingerprint density at radius 1 is 1.46 bits per heavy atom. The van der Waals surface area contributed by atoms with E-state index >= 15 is 0 Å². The molecule has 2 rings (SSSR count). The molecule has 13 heavy (non-hydrogen) atoms. The van der Waals surface area contributed by atoms with Crippen molar-refractivity contribution in [2.45, 2.75) is 35.7 Å². The summed E-state index contributed by atoms with van der Waals surface area (Å²) in [4.78, 5) is 11.4. The standard InChI is InChI=1S/C8H11Cl2NO2/c9-8(10)3-6(8)7(13)11-4-1-5(12)2-4/h4-6,12H,1-3H2,(H,11,13).